The number of unbranched alkanes of at least 4 members (excludes halogenated alkanes) is 8. The van der Waals surface area contributed by atoms with Crippen molar-refractivity contribution in [2.24, 2.45) is 0 Å². The van der Waals surface area contributed by atoms with E-state index < -0.39 is 24.2 Å². The number of carbonyl (C=O) groups is 4. The average Bonchev–Trinajstić information content (AvgIpc) is 2.96. The van der Waals surface area contributed by atoms with Crippen LogP contribution in [0.25, 0.3) is 0 Å². The number of carbonyl (C=O) groups excluding carboxylic acids is 4. The smallest absolute Gasteiger partial charge is 0.434 e. The molecule has 0 unspecified atom stereocenters. The molecule has 0 aliphatic carbocycles. The second-order valence-electron chi connectivity index (χ2n) is 8.96. The lowest BCUT2D eigenvalue weighted by molar-refractivity contribution is -0.187. The third-order valence-electron chi connectivity index (χ3n) is 5.73. The van der Waals surface area contributed by atoms with Crippen molar-refractivity contribution in [3.63, 3.8) is 0 Å². The normalized spacial score (nSPS) is 10.3. The summed E-state index contributed by atoms with van der Waals surface area (Å²) in [7, 11) is 0. The topological polar surface area (TPSA) is 124 Å². The summed E-state index contributed by atoms with van der Waals surface area (Å²) in [5.74, 6) is -2.42. The van der Waals surface area contributed by atoms with Crippen molar-refractivity contribution in [2.45, 2.75) is 78.1 Å². The molecule has 0 atom stereocenters. The summed E-state index contributed by atoms with van der Waals surface area (Å²) in [5, 5.41) is 0. The van der Waals surface area contributed by atoms with Crippen molar-refractivity contribution in [3.05, 3.63) is 59.7 Å². The maximum Gasteiger partial charge on any atom is 0.513 e. The van der Waals surface area contributed by atoms with Gasteiger partial charge in [0.15, 0.2) is 0 Å². The minimum atomic E-state index is -1.09. The molecule has 2 rings (SSSR count). The molecule has 0 aromatic heterocycles. The number of benzene rings is 2. The zero-order valence-corrected chi connectivity index (χ0v) is 23.2. The predicted molar refractivity (Wildman–Crippen MR) is 145 cm³/mol. The Bertz CT molecular complexity index is 996. The fourth-order valence-electron chi connectivity index (χ4n) is 3.57. The van der Waals surface area contributed by atoms with E-state index in [1.165, 1.54) is 36.4 Å². The van der Waals surface area contributed by atoms with Crippen LogP contribution in [0.3, 0.4) is 0 Å². The van der Waals surface area contributed by atoms with E-state index in [2.05, 4.69) is 23.6 Å². The van der Waals surface area contributed by atoms with Crippen molar-refractivity contribution in [1.82, 2.24) is 0 Å². The van der Waals surface area contributed by atoms with E-state index in [0.717, 1.165) is 51.4 Å². The van der Waals surface area contributed by atoms with Crippen molar-refractivity contribution < 1.29 is 47.9 Å². The maximum atomic E-state index is 12.6. The second-order valence-corrected chi connectivity index (χ2v) is 8.96. The van der Waals surface area contributed by atoms with Crippen LogP contribution in [0.2, 0.25) is 0 Å². The number of hydrogen-bond acceptors (Lipinski definition) is 10. The van der Waals surface area contributed by atoms with Gasteiger partial charge >= 0.3 is 24.2 Å². The van der Waals surface area contributed by atoms with Crippen LogP contribution < -0.4 is 9.47 Å². The van der Waals surface area contributed by atoms with Crippen LogP contribution in [0.4, 0.5) is 9.59 Å². The largest absolute Gasteiger partial charge is 0.513 e. The SMILES string of the molecule is CCCCCCCOC(=O)Oc1ccccc1C(=O)OOC(=O)c1ccccc1OC(=O)OCCCCCCC. The molecule has 0 fully saturated rings. The first-order valence-electron chi connectivity index (χ1n) is 13.8. The maximum absolute atomic E-state index is 12.6. The highest BCUT2D eigenvalue weighted by Gasteiger charge is 2.22. The van der Waals surface area contributed by atoms with Crippen molar-refractivity contribution >= 4 is 24.2 Å². The number of rotatable bonds is 16. The first-order chi connectivity index (χ1) is 19.5. The first-order valence-corrected chi connectivity index (χ1v) is 13.8. The van der Waals surface area contributed by atoms with Gasteiger partial charge in [0, 0.05) is 0 Å². The summed E-state index contributed by atoms with van der Waals surface area (Å²) in [4.78, 5) is 58.6. The van der Waals surface area contributed by atoms with E-state index in [1.807, 2.05) is 0 Å². The Labute approximate surface area is 234 Å². The van der Waals surface area contributed by atoms with E-state index in [-0.39, 0.29) is 35.8 Å². The van der Waals surface area contributed by atoms with E-state index in [1.54, 1.807) is 12.1 Å². The molecule has 218 valence electrons. The van der Waals surface area contributed by atoms with Crippen molar-refractivity contribution in [2.75, 3.05) is 13.2 Å². The van der Waals surface area contributed by atoms with Gasteiger partial charge in [-0.05, 0) is 37.1 Å². The molecule has 40 heavy (non-hydrogen) atoms. The third kappa shape index (κ3) is 12.2. The van der Waals surface area contributed by atoms with Gasteiger partial charge in [0.05, 0.1) is 13.2 Å². The van der Waals surface area contributed by atoms with Gasteiger partial charge in [0.2, 0.25) is 0 Å². The molecule has 0 saturated heterocycles. The van der Waals surface area contributed by atoms with Crippen LogP contribution >= 0.6 is 0 Å². The average molecular weight is 559 g/mol. The minimum absolute atomic E-state index is 0.124. The van der Waals surface area contributed by atoms with Gasteiger partial charge in [0.1, 0.15) is 22.6 Å². The lowest BCUT2D eigenvalue weighted by Gasteiger charge is -2.11. The summed E-state index contributed by atoms with van der Waals surface area (Å²) >= 11 is 0. The van der Waals surface area contributed by atoms with Gasteiger partial charge < -0.3 is 18.9 Å². The molecular formula is C30H38O10. The quantitative estimate of drug-likeness (QED) is 0.0669. The first kappa shape index (κ1) is 32.1. The molecule has 0 radical (unpaired) electrons. The number of para-hydroxylation sites is 2. The standard InChI is InChI=1S/C30H38O10/c1-3-5-7-9-15-21-35-29(33)37-25-19-13-11-17-23(25)27(31)39-40-28(32)24-18-12-14-20-26(24)38-30(34)36-22-16-10-8-6-4-2/h11-14,17-20H,3-10,15-16,21-22H2,1-2H3. The monoisotopic (exact) mass is 558 g/mol. The van der Waals surface area contributed by atoms with E-state index in [0.29, 0.717) is 12.8 Å². The molecule has 0 bridgehead atoms. The minimum Gasteiger partial charge on any atom is -0.434 e. The molecule has 10 heteroatoms. The lowest BCUT2D eigenvalue weighted by Crippen LogP contribution is -2.17. The highest BCUT2D eigenvalue weighted by molar-refractivity contribution is 5.96. The van der Waals surface area contributed by atoms with Crippen LogP contribution in [-0.4, -0.2) is 37.5 Å². The summed E-state index contributed by atoms with van der Waals surface area (Å²) in [6, 6.07) is 11.5. The fraction of sp³-hybridized carbons (Fsp3) is 0.467. The Morgan fingerprint density at radius 2 is 0.900 bits per heavy atom. The molecule has 2 aromatic carbocycles. The fourth-order valence-corrected chi connectivity index (χ4v) is 3.57. The van der Waals surface area contributed by atoms with E-state index in [9.17, 15) is 19.2 Å². The van der Waals surface area contributed by atoms with Gasteiger partial charge in [-0.15, -0.1) is 0 Å². The Balaban J connectivity index is 1.87. The zero-order valence-electron chi connectivity index (χ0n) is 23.2. The van der Waals surface area contributed by atoms with Crippen LogP contribution in [0.5, 0.6) is 11.5 Å². The molecular weight excluding hydrogens is 520 g/mol. The Morgan fingerprint density at radius 3 is 1.30 bits per heavy atom. The van der Waals surface area contributed by atoms with Crippen LogP contribution in [0.15, 0.2) is 48.5 Å². The van der Waals surface area contributed by atoms with E-state index in [4.69, 9.17) is 18.9 Å². The molecule has 2 aromatic rings. The lowest BCUT2D eigenvalue weighted by atomic mass is 10.2. The number of hydrogen-bond donors (Lipinski definition) is 0. The summed E-state index contributed by atoms with van der Waals surface area (Å²) in [6.07, 6.45) is 7.92. The van der Waals surface area contributed by atoms with Crippen LogP contribution in [0.1, 0.15) is 98.8 Å². The number of ether oxygens (including phenoxy) is 4. The molecule has 0 spiro atoms. The van der Waals surface area contributed by atoms with E-state index >= 15 is 0 Å². The van der Waals surface area contributed by atoms with Gasteiger partial charge in [-0.2, -0.15) is 0 Å². The molecule has 0 amide bonds. The molecule has 0 aliphatic heterocycles. The summed E-state index contributed by atoms with van der Waals surface area (Å²) in [6.45, 7) is 4.61. The molecule has 0 saturated carbocycles. The van der Waals surface area contributed by atoms with Gasteiger partial charge in [0.25, 0.3) is 0 Å². The Morgan fingerprint density at radius 1 is 0.525 bits per heavy atom. The Hall–Kier alpha value is -4.08. The highest BCUT2D eigenvalue weighted by Crippen LogP contribution is 2.22. The van der Waals surface area contributed by atoms with Crippen molar-refractivity contribution in [1.29, 1.82) is 0 Å². The Kier molecular flexibility index (Phi) is 15.3. The van der Waals surface area contributed by atoms with Crippen molar-refractivity contribution in [3.8, 4) is 11.5 Å². The molecule has 0 aliphatic rings. The van der Waals surface area contributed by atoms with Crippen LogP contribution in [0, 0.1) is 0 Å². The summed E-state index contributed by atoms with van der Waals surface area (Å²) < 4.78 is 20.4. The van der Waals surface area contributed by atoms with Gasteiger partial charge in [-0.25, -0.2) is 29.0 Å². The van der Waals surface area contributed by atoms with Gasteiger partial charge in [-0.3, -0.25) is 0 Å². The predicted octanol–water partition coefficient (Wildman–Crippen LogP) is 7.59. The summed E-state index contributed by atoms with van der Waals surface area (Å²) in [5.41, 5.74) is -0.329. The highest BCUT2D eigenvalue weighted by atomic mass is 17.2. The zero-order chi connectivity index (χ0) is 29.0. The molecule has 0 N–H and O–H groups in total. The van der Waals surface area contributed by atoms with Gasteiger partial charge in [-0.1, -0.05) is 89.5 Å². The molecule has 10 nitrogen and oxygen atoms in total. The van der Waals surface area contributed by atoms with Crippen LogP contribution in [-0.2, 0) is 19.2 Å². The second kappa shape index (κ2) is 19.1. The third-order valence-corrected chi connectivity index (χ3v) is 5.73. The molecule has 0 heterocycles.